The number of amides is 2. The summed E-state index contributed by atoms with van der Waals surface area (Å²) in [5.74, 6) is -1.66. The standard InChI is InChI=1S/C21H33BrN2O5S/c1-4-8-12(3)23-18(26)17-21-11-13(22)16(30-21)14(20(28)29-5-2)15(21)19(27)24(17)9-6-7-10-25/h12-17,25H,4-11H2,1-3H3,(H,23,26)/t12?,13?,14-,15-,16-,17?,21?/m0/s1. The number of carbonyl (C=O) groups is 3. The van der Waals surface area contributed by atoms with Crippen molar-refractivity contribution in [3.8, 4) is 0 Å². The number of aliphatic hydroxyl groups excluding tert-OH is 1. The molecule has 0 aromatic carbocycles. The lowest BCUT2D eigenvalue weighted by Gasteiger charge is -2.35. The van der Waals surface area contributed by atoms with E-state index in [9.17, 15) is 19.5 Å². The van der Waals surface area contributed by atoms with Gasteiger partial charge in [0.05, 0.1) is 23.2 Å². The molecule has 1 spiro atoms. The van der Waals surface area contributed by atoms with Crippen molar-refractivity contribution in [3.63, 3.8) is 0 Å². The van der Waals surface area contributed by atoms with Gasteiger partial charge in [-0.1, -0.05) is 29.3 Å². The Bertz CT molecular complexity index is 680. The number of halogens is 1. The average molecular weight is 505 g/mol. The Hall–Kier alpha value is -0.800. The summed E-state index contributed by atoms with van der Waals surface area (Å²) in [5, 5.41) is 12.2. The molecule has 30 heavy (non-hydrogen) atoms. The van der Waals surface area contributed by atoms with Crippen LogP contribution < -0.4 is 5.32 Å². The summed E-state index contributed by atoms with van der Waals surface area (Å²) in [6, 6.07) is -0.584. The van der Waals surface area contributed by atoms with E-state index >= 15 is 0 Å². The number of aliphatic hydroxyl groups is 1. The van der Waals surface area contributed by atoms with Crippen LogP contribution in [-0.4, -0.2) is 74.5 Å². The fourth-order valence-corrected chi connectivity index (χ4v) is 9.00. The highest BCUT2D eigenvalue weighted by Crippen LogP contribution is 2.67. The Labute approximate surface area is 191 Å². The molecule has 3 fully saturated rings. The average Bonchev–Trinajstić information content (AvgIpc) is 3.26. The molecule has 0 aromatic heterocycles. The number of nitrogens with zero attached hydrogens (tertiary/aromatic N) is 1. The van der Waals surface area contributed by atoms with Gasteiger partial charge < -0.3 is 20.1 Å². The van der Waals surface area contributed by atoms with E-state index in [0.29, 0.717) is 25.8 Å². The van der Waals surface area contributed by atoms with E-state index in [1.54, 1.807) is 23.6 Å². The van der Waals surface area contributed by atoms with Gasteiger partial charge in [0, 0.05) is 29.3 Å². The molecule has 0 saturated carbocycles. The number of fused-ring (bicyclic) bond motifs is 1. The molecule has 7 atom stereocenters. The number of hydrogen-bond acceptors (Lipinski definition) is 6. The summed E-state index contributed by atoms with van der Waals surface area (Å²) in [6.45, 7) is 6.55. The molecular weight excluding hydrogens is 472 g/mol. The summed E-state index contributed by atoms with van der Waals surface area (Å²) in [7, 11) is 0. The highest BCUT2D eigenvalue weighted by atomic mass is 79.9. The van der Waals surface area contributed by atoms with E-state index in [-0.39, 0.29) is 47.1 Å². The van der Waals surface area contributed by atoms with E-state index in [1.807, 2.05) is 6.92 Å². The molecule has 7 nitrogen and oxygen atoms in total. The molecule has 3 saturated heterocycles. The number of thioether (sulfide) groups is 1. The minimum atomic E-state index is -0.622. The van der Waals surface area contributed by atoms with Crippen molar-refractivity contribution in [1.82, 2.24) is 10.2 Å². The second-order valence-corrected chi connectivity index (χ2v) is 11.3. The van der Waals surface area contributed by atoms with Crippen LogP contribution in [0.5, 0.6) is 0 Å². The molecule has 2 amide bonds. The molecule has 4 unspecified atom stereocenters. The Balaban J connectivity index is 1.94. The molecule has 3 rings (SSSR count). The van der Waals surface area contributed by atoms with E-state index in [2.05, 4.69) is 28.2 Å². The minimum absolute atomic E-state index is 0.0246. The SMILES string of the molecule is CCCC(C)NC(=O)C1N(CCCCO)C(=O)[C@@H]2[C@H](C(=O)OCC)[C@H]3SC12CC3Br. The summed E-state index contributed by atoms with van der Waals surface area (Å²) in [4.78, 5) is 41.6. The van der Waals surface area contributed by atoms with Crippen LogP contribution in [0.25, 0.3) is 0 Å². The van der Waals surface area contributed by atoms with Gasteiger partial charge in [0.15, 0.2) is 0 Å². The number of hydrogen-bond donors (Lipinski definition) is 2. The highest BCUT2D eigenvalue weighted by Gasteiger charge is 2.75. The molecule has 0 aliphatic carbocycles. The molecule has 9 heteroatoms. The van der Waals surface area contributed by atoms with Crippen molar-refractivity contribution in [2.45, 2.75) is 79.8 Å². The number of nitrogens with one attached hydrogen (secondary N) is 1. The largest absolute Gasteiger partial charge is 0.466 e. The van der Waals surface area contributed by atoms with Gasteiger partial charge in [-0.25, -0.2) is 0 Å². The number of carbonyl (C=O) groups excluding carboxylic acids is 3. The zero-order valence-electron chi connectivity index (χ0n) is 17.9. The minimum Gasteiger partial charge on any atom is -0.466 e. The first-order valence-electron chi connectivity index (χ1n) is 11.0. The second kappa shape index (κ2) is 9.77. The lowest BCUT2D eigenvalue weighted by atomic mass is 9.71. The van der Waals surface area contributed by atoms with E-state index in [0.717, 1.165) is 12.8 Å². The molecule has 2 N–H and O–H groups in total. The summed E-state index contributed by atoms with van der Waals surface area (Å²) < 4.78 is 4.71. The number of alkyl halides is 1. The molecule has 0 radical (unpaired) electrons. The van der Waals surface area contributed by atoms with E-state index < -0.39 is 22.6 Å². The van der Waals surface area contributed by atoms with Gasteiger partial charge in [-0.05, 0) is 39.5 Å². The van der Waals surface area contributed by atoms with Crippen LogP contribution in [0.4, 0.5) is 0 Å². The zero-order chi connectivity index (χ0) is 22.1. The Morgan fingerprint density at radius 2 is 2.13 bits per heavy atom. The second-order valence-electron chi connectivity index (χ2n) is 8.58. The third-order valence-corrected chi connectivity index (χ3v) is 9.73. The van der Waals surface area contributed by atoms with Crippen LogP contribution in [0, 0.1) is 11.8 Å². The summed E-state index contributed by atoms with van der Waals surface area (Å²) in [5.41, 5.74) is 0. The Morgan fingerprint density at radius 1 is 1.40 bits per heavy atom. The molecule has 0 aromatic rings. The lowest BCUT2D eigenvalue weighted by Crippen LogP contribution is -2.55. The van der Waals surface area contributed by atoms with Crippen molar-refractivity contribution >= 4 is 45.5 Å². The molecule has 3 aliphatic rings. The van der Waals surface area contributed by atoms with Crippen LogP contribution in [0.3, 0.4) is 0 Å². The van der Waals surface area contributed by atoms with Gasteiger partial charge >= 0.3 is 5.97 Å². The summed E-state index contributed by atoms with van der Waals surface area (Å²) in [6.07, 6.45) is 3.70. The van der Waals surface area contributed by atoms with Crippen LogP contribution in [0.1, 0.15) is 52.9 Å². The Morgan fingerprint density at radius 3 is 2.77 bits per heavy atom. The van der Waals surface area contributed by atoms with Crippen molar-refractivity contribution in [3.05, 3.63) is 0 Å². The zero-order valence-corrected chi connectivity index (χ0v) is 20.3. The monoisotopic (exact) mass is 504 g/mol. The lowest BCUT2D eigenvalue weighted by molar-refractivity contribution is -0.153. The number of esters is 1. The van der Waals surface area contributed by atoms with Crippen LogP contribution >= 0.6 is 27.7 Å². The third kappa shape index (κ3) is 4.01. The predicted octanol–water partition coefficient (Wildman–Crippen LogP) is 2.09. The van der Waals surface area contributed by atoms with Gasteiger partial charge in [-0.2, -0.15) is 0 Å². The number of likely N-dealkylation sites (tertiary alicyclic amines) is 1. The van der Waals surface area contributed by atoms with Gasteiger partial charge in [0.2, 0.25) is 11.8 Å². The topological polar surface area (TPSA) is 95.9 Å². The van der Waals surface area contributed by atoms with Gasteiger partial charge in [-0.15, -0.1) is 11.8 Å². The van der Waals surface area contributed by atoms with E-state index in [1.165, 1.54) is 0 Å². The van der Waals surface area contributed by atoms with E-state index in [4.69, 9.17) is 4.74 Å². The van der Waals surface area contributed by atoms with Crippen LogP contribution in [0.15, 0.2) is 0 Å². The number of ether oxygens (including phenoxy) is 1. The first-order valence-corrected chi connectivity index (χ1v) is 12.8. The maximum atomic E-state index is 13.6. The summed E-state index contributed by atoms with van der Waals surface area (Å²) >= 11 is 5.34. The number of unbranched alkanes of at least 4 members (excludes halogenated alkanes) is 1. The van der Waals surface area contributed by atoms with Gasteiger partial charge in [-0.3, -0.25) is 14.4 Å². The maximum Gasteiger partial charge on any atom is 0.310 e. The van der Waals surface area contributed by atoms with Crippen molar-refractivity contribution in [1.29, 1.82) is 0 Å². The van der Waals surface area contributed by atoms with Crippen LogP contribution in [0.2, 0.25) is 0 Å². The normalized spacial score (nSPS) is 35.4. The molecule has 2 bridgehead atoms. The molecule has 3 aliphatic heterocycles. The predicted molar refractivity (Wildman–Crippen MR) is 119 cm³/mol. The quantitative estimate of drug-likeness (QED) is 0.268. The van der Waals surface area contributed by atoms with Gasteiger partial charge in [0.1, 0.15) is 6.04 Å². The van der Waals surface area contributed by atoms with Crippen molar-refractivity contribution in [2.75, 3.05) is 19.8 Å². The van der Waals surface area contributed by atoms with Crippen molar-refractivity contribution < 1.29 is 24.2 Å². The third-order valence-electron chi connectivity index (χ3n) is 6.51. The first kappa shape index (κ1) is 23.9. The molecule has 170 valence electrons. The Kier molecular flexibility index (Phi) is 7.77. The van der Waals surface area contributed by atoms with Crippen molar-refractivity contribution in [2.24, 2.45) is 11.8 Å². The molecule has 3 heterocycles. The highest BCUT2D eigenvalue weighted by molar-refractivity contribution is 9.09. The van der Waals surface area contributed by atoms with Crippen LogP contribution in [-0.2, 0) is 19.1 Å². The smallest absolute Gasteiger partial charge is 0.310 e. The maximum absolute atomic E-state index is 13.6. The fraction of sp³-hybridized carbons (Fsp3) is 0.857. The fourth-order valence-electron chi connectivity index (χ4n) is 5.40. The van der Waals surface area contributed by atoms with Gasteiger partial charge in [0.25, 0.3) is 0 Å². The molecular formula is C21H33BrN2O5S. The number of rotatable bonds is 10. The first-order chi connectivity index (χ1) is 14.3.